The number of rotatable bonds is 3. The van der Waals surface area contributed by atoms with E-state index in [0.29, 0.717) is 18.7 Å². The molecule has 3 rings (SSSR count). The van der Waals surface area contributed by atoms with Crippen molar-refractivity contribution in [2.75, 3.05) is 19.8 Å². The van der Waals surface area contributed by atoms with Gasteiger partial charge in [0.25, 0.3) is 5.91 Å². The molecule has 1 aromatic heterocycles. The number of hydrogen-bond donors (Lipinski definition) is 1. The predicted molar refractivity (Wildman–Crippen MR) is 79.6 cm³/mol. The summed E-state index contributed by atoms with van der Waals surface area (Å²) in [6.45, 7) is 1.09. The normalized spacial score (nSPS) is 18.4. The van der Waals surface area contributed by atoms with Crippen molar-refractivity contribution in [1.82, 2.24) is 9.88 Å². The van der Waals surface area contributed by atoms with Gasteiger partial charge in [0, 0.05) is 23.7 Å². The molecule has 1 amide bonds. The first kappa shape index (κ1) is 14.5. The van der Waals surface area contributed by atoms with Gasteiger partial charge in [-0.2, -0.15) is 0 Å². The van der Waals surface area contributed by atoms with Crippen molar-refractivity contribution in [2.24, 2.45) is 0 Å². The van der Waals surface area contributed by atoms with Crippen molar-refractivity contribution in [1.29, 1.82) is 0 Å². The van der Waals surface area contributed by atoms with Crippen molar-refractivity contribution >= 4 is 22.8 Å². The molecular weight excluding hydrogens is 284 g/mol. The molecule has 0 saturated carbocycles. The maximum Gasteiger partial charge on any atom is 0.305 e. The van der Waals surface area contributed by atoms with Gasteiger partial charge in [-0.25, -0.2) is 0 Å². The molecule has 1 atom stereocenters. The zero-order valence-corrected chi connectivity index (χ0v) is 11.9. The molecule has 0 aliphatic carbocycles. The first-order valence-corrected chi connectivity index (χ1v) is 7.10. The molecule has 0 unspecified atom stereocenters. The summed E-state index contributed by atoms with van der Waals surface area (Å²) in [4.78, 5) is 29.5. The Morgan fingerprint density at radius 3 is 3.05 bits per heavy atom. The molecule has 1 fully saturated rings. The molecule has 22 heavy (non-hydrogen) atoms. The third-order valence-electron chi connectivity index (χ3n) is 3.75. The van der Waals surface area contributed by atoms with E-state index in [1.165, 1.54) is 0 Å². The number of ether oxygens (including phenoxy) is 1. The maximum atomic E-state index is 12.7. The van der Waals surface area contributed by atoms with Crippen LogP contribution in [0.5, 0.6) is 0 Å². The monoisotopic (exact) mass is 300 g/mol. The van der Waals surface area contributed by atoms with Gasteiger partial charge in [0.1, 0.15) is 0 Å². The SMILES string of the molecule is O=C(O)C[C@@H]1COCCN1C(=O)c1ccc2ncccc2c1. The highest BCUT2D eigenvalue weighted by atomic mass is 16.5. The number of carboxylic acids is 1. The van der Waals surface area contributed by atoms with E-state index >= 15 is 0 Å². The zero-order valence-electron chi connectivity index (χ0n) is 11.9. The number of benzene rings is 1. The van der Waals surface area contributed by atoms with Gasteiger partial charge < -0.3 is 14.7 Å². The summed E-state index contributed by atoms with van der Waals surface area (Å²) in [5, 5.41) is 9.86. The molecule has 0 bridgehead atoms. The number of amides is 1. The van der Waals surface area contributed by atoms with Crippen LogP contribution in [0, 0.1) is 0 Å². The van der Waals surface area contributed by atoms with E-state index in [4.69, 9.17) is 9.84 Å². The maximum absolute atomic E-state index is 12.7. The highest BCUT2D eigenvalue weighted by Gasteiger charge is 2.29. The zero-order chi connectivity index (χ0) is 15.5. The first-order chi connectivity index (χ1) is 10.6. The molecule has 6 nitrogen and oxygen atoms in total. The third kappa shape index (κ3) is 2.92. The van der Waals surface area contributed by atoms with Crippen molar-refractivity contribution in [3.8, 4) is 0 Å². The lowest BCUT2D eigenvalue weighted by atomic mass is 10.1. The molecular formula is C16H16N2O4. The molecule has 1 saturated heterocycles. The van der Waals surface area contributed by atoms with E-state index in [-0.39, 0.29) is 18.9 Å². The van der Waals surface area contributed by atoms with Crippen LogP contribution in [0.25, 0.3) is 10.9 Å². The van der Waals surface area contributed by atoms with Gasteiger partial charge in [-0.05, 0) is 24.3 Å². The molecule has 1 aromatic carbocycles. The van der Waals surface area contributed by atoms with Crippen molar-refractivity contribution in [2.45, 2.75) is 12.5 Å². The van der Waals surface area contributed by atoms with E-state index < -0.39 is 12.0 Å². The molecule has 6 heteroatoms. The average molecular weight is 300 g/mol. The van der Waals surface area contributed by atoms with Crippen LogP contribution in [-0.4, -0.2) is 52.7 Å². The molecule has 1 N–H and O–H groups in total. The number of hydrogen-bond acceptors (Lipinski definition) is 4. The van der Waals surface area contributed by atoms with Gasteiger partial charge in [-0.1, -0.05) is 6.07 Å². The molecule has 1 aliphatic rings. The van der Waals surface area contributed by atoms with Gasteiger partial charge >= 0.3 is 5.97 Å². The minimum Gasteiger partial charge on any atom is -0.481 e. The second-order valence-electron chi connectivity index (χ2n) is 5.24. The fraction of sp³-hybridized carbons (Fsp3) is 0.312. The minimum absolute atomic E-state index is 0.110. The van der Waals surface area contributed by atoms with E-state index in [2.05, 4.69) is 4.98 Å². The number of fused-ring (bicyclic) bond motifs is 1. The number of aromatic nitrogens is 1. The van der Waals surface area contributed by atoms with Gasteiger partial charge in [0.2, 0.25) is 0 Å². The molecule has 0 spiro atoms. The molecule has 2 heterocycles. The van der Waals surface area contributed by atoms with Crippen LogP contribution in [0.4, 0.5) is 0 Å². The minimum atomic E-state index is -0.934. The Balaban J connectivity index is 1.87. The number of nitrogens with zero attached hydrogens (tertiary/aromatic N) is 2. The van der Waals surface area contributed by atoms with E-state index in [9.17, 15) is 9.59 Å². The van der Waals surface area contributed by atoms with Gasteiger partial charge in [-0.15, -0.1) is 0 Å². The van der Waals surface area contributed by atoms with Gasteiger partial charge in [0.05, 0.1) is 31.2 Å². The standard InChI is InChI=1S/C16H16N2O4/c19-15(20)9-13-10-22-7-6-18(13)16(21)12-3-4-14-11(8-12)2-1-5-17-14/h1-5,8,13H,6-7,9-10H2,(H,19,20)/t13-/m1/s1. The second-order valence-corrected chi connectivity index (χ2v) is 5.24. The Bertz CT molecular complexity index is 716. The predicted octanol–water partition coefficient (Wildman–Crippen LogP) is 1.55. The molecule has 2 aromatic rings. The smallest absolute Gasteiger partial charge is 0.305 e. The summed E-state index contributed by atoms with van der Waals surface area (Å²) in [6.07, 6.45) is 1.59. The van der Waals surface area contributed by atoms with Crippen LogP contribution in [0.1, 0.15) is 16.8 Å². The van der Waals surface area contributed by atoms with Gasteiger partial charge in [0.15, 0.2) is 0 Å². The van der Waals surface area contributed by atoms with Gasteiger partial charge in [-0.3, -0.25) is 14.6 Å². The summed E-state index contributed by atoms with van der Waals surface area (Å²) in [5.41, 5.74) is 1.36. The average Bonchev–Trinajstić information content (AvgIpc) is 2.54. The van der Waals surface area contributed by atoms with Crippen LogP contribution < -0.4 is 0 Å². The number of pyridine rings is 1. The number of carbonyl (C=O) groups excluding carboxylic acids is 1. The van der Waals surface area contributed by atoms with Crippen LogP contribution in [0.15, 0.2) is 36.5 Å². The molecule has 1 aliphatic heterocycles. The number of carbonyl (C=O) groups is 2. The number of carboxylic acid groups (broad SMARTS) is 1. The lowest BCUT2D eigenvalue weighted by molar-refractivity contribution is -0.139. The third-order valence-corrected chi connectivity index (χ3v) is 3.75. The molecule has 114 valence electrons. The van der Waals surface area contributed by atoms with Crippen molar-refractivity contribution < 1.29 is 19.4 Å². The Kier molecular flexibility index (Phi) is 4.02. The summed E-state index contributed by atoms with van der Waals surface area (Å²) in [6, 6.07) is 8.60. The first-order valence-electron chi connectivity index (χ1n) is 7.10. The topological polar surface area (TPSA) is 79.7 Å². The van der Waals surface area contributed by atoms with Crippen LogP contribution in [0.3, 0.4) is 0 Å². The number of morpholine rings is 1. The highest BCUT2D eigenvalue weighted by Crippen LogP contribution is 2.18. The number of aliphatic carboxylic acids is 1. The van der Waals surface area contributed by atoms with E-state index in [1.54, 1.807) is 29.3 Å². The lowest BCUT2D eigenvalue weighted by Gasteiger charge is -2.34. The lowest BCUT2D eigenvalue weighted by Crippen LogP contribution is -2.49. The summed E-state index contributed by atoms with van der Waals surface area (Å²) >= 11 is 0. The second kappa shape index (κ2) is 6.11. The Morgan fingerprint density at radius 2 is 2.23 bits per heavy atom. The Morgan fingerprint density at radius 1 is 1.36 bits per heavy atom. The Labute approximate surface area is 127 Å². The summed E-state index contributed by atoms with van der Waals surface area (Å²) in [7, 11) is 0. The summed E-state index contributed by atoms with van der Waals surface area (Å²) in [5.74, 6) is -1.10. The largest absolute Gasteiger partial charge is 0.481 e. The van der Waals surface area contributed by atoms with E-state index in [0.717, 1.165) is 10.9 Å². The fourth-order valence-corrected chi connectivity index (χ4v) is 2.67. The molecule has 0 radical (unpaired) electrons. The highest BCUT2D eigenvalue weighted by molar-refractivity contribution is 5.98. The quantitative estimate of drug-likeness (QED) is 0.930. The van der Waals surface area contributed by atoms with Crippen molar-refractivity contribution in [3.63, 3.8) is 0 Å². The van der Waals surface area contributed by atoms with Crippen LogP contribution >= 0.6 is 0 Å². The van der Waals surface area contributed by atoms with Crippen LogP contribution in [-0.2, 0) is 9.53 Å². The summed E-state index contributed by atoms with van der Waals surface area (Å²) < 4.78 is 5.30. The van der Waals surface area contributed by atoms with Crippen molar-refractivity contribution in [3.05, 3.63) is 42.1 Å². The van der Waals surface area contributed by atoms with E-state index in [1.807, 2.05) is 12.1 Å². The fourth-order valence-electron chi connectivity index (χ4n) is 2.67. The Hall–Kier alpha value is -2.47. The van der Waals surface area contributed by atoms with Crippen LogP contribution in [0.2, 0.25) is 0 Å².